The summed E-state index contributed by atoms with van der Waals surface area (Å²) in [7, 11) is 1.72. The van der Waals surface area contributed by atoms with E-state index in [9.17, 15) is 0 Å². The Morgan fingerprint density at radius 1 is 1.30 bits per heavy atom. The zero-order valence-corrected chi connectivity index (χ0v) is 13.9. The number of fused-ring (bicyclic) bond motifs is 1. The molecule has 2 atom stereocenters. The highest BCUT2D eigenvalue weighted by atomic mass is 16.5. The minimum atomic E-state index is 0.116. The number of nitrogens with zero attached hydrogens (tertiary/aromatic N) is 1. The van der Waals surface area contributed by atoms with Crippen molar-refractivity contribution >= 4 is 0 Å². The van der Waals surface area contributed by atoms with E-state index in [1.54, 1.807) is 7.11 Å². The predicted octanol–water partition coefficient (Wildman–Crippen LogP) is 3.04. The van der Waals surface area contributed by atoms with E-state index in [-0.39, 0.29) is 12.2 Å². The molecule has 0 unspecified atom stereocenters. The maximum absolute atomic E-state index is 5.40. The second-order valence-electron chi connectivity index (χ2n) is 5.98. The Labute approximate surface area is 138 Å². The molecule has 4 heteroatoms. The smallest absolute Gasteiger partial charge is 0.119 e. The first-order chi connectivity index (χ1) is 11.3. The SMILES string of the molecule is CCCCN[C@H]1Cc2cc(OC)ccc2[C@H](c2ccccn2)N1. The van der Waals surface area contributed by atoms with Crippen LogP contribution in [-0.2, 0) is 6.42 Å². The van der Waals surface area contributed by atoms with Crippen LogP contribution in [0.3, 0.4) is 0 Å². The quantitative estimate of drug-likeness (QED) is 0.805. The average Bonchev–Trinajstić information content (AvgIpc) is 2.61. The number of nitrogens with one attached hydrogen (secondary N) is 2. The molecule has 1 aliphatic rings. The summed E-state index contributed by atoms with van der Waals surface area (Å²) < 4.78 is 5.40. The van der Waals surface area contributed by atoms with E-state index in [1.807, 2.05) is 24.4 Å². The van der Waals surface area contributed by atoms with Gasteiger partial charge in [-0.2, -0.15) is 0 Å². The second kappa shape index (κ2) is 7.57. The molecule has 0 saturated heterocycles. The summed E-state index contributed by atoms with van der Waals surface area (Å²) in [5.41, 5.74) is 3.67. The van der Waals surface area contributed by atoms with E-state index in [1.165, 1.54) is 24.0 Å². The monoisotopic (exact) mass is 311 g/mol. The number of benzene rings is 1. The average molecular weight is 311 g/mol. The highest BCUT2D eigenvalue weighted by molar-refractivity contribution is 5.42. The number of pyridine rings is 1. The van der Waals surface area contributed by atoms with Gasteiger partial charge >= 0.3 is 0 Å². The van der Waals surface area contributed by atoms with Gasteiger partial charge < -0.3 is 10.1 Å². The van der Waals surface area contributed by atoms with Gasteiger partial charge in [-0.05, 0) is 48.4 Å². The summed E-state index contributed by atoms with van der Waals surface area (Å²) in [4.78, 5) is 4.55. The van der Waals surface area contributed by atoms with E-state index >= 15 is 0 Å². The molecule has 2 N–H and O–H groups in total. The van der Waals surface area contributed by atoms with E-state index in [2.05, 4.69) is 40.7 Å². The van der Waals surface area contributed by atoms with Gasteiger partial charge in [-0.3, -0.25) is 10.3 Å². The Hall–Kier alpha value is -1.91. The fourth-order valence-electron chi connectivity index (χ4n) is 3.11. The van der Waals surface area contributed by atoms with Crippen LogP contribution in [-0.4, -0.2) is 24.8 Å². The van der Waals surface area contributed by atoms with Crippen molar-refractivity contribution in [1.82, 2.24) is 15.6 Å². The summed E-state index contributed by atoms with van der Waals surface area (Å²) in [6.45, 7) is 3.25. The van der Waals surface area contributed by atoms with Crippen LogP contribution >= 0.6 is 0 Å². The van der Waals surface area contributed by atoms with Gasteiger partial charge in [0.25, 0.3) is 0 Å². The number of hydrogen-bond acceptors (Lipinski definition) is 4. The van der Waals surface area contributed by atoms with Crippen molar-refractivity contribution in [3.63, 3.8) is 0 Å². The van der Waals surface area contributed by atoms with E-state index in [0.717, 1.165) is 24.4 Å². The molecular weight excluding hydrogens is 286 g/mol. The topological polar surface area (TPSA) is 46.2 Å². The van der Waals surface area contributed by atoms with E-state index < -0.39 is 0 Å². The van der Waals surface area contributed by atoms with Crippen molar-refractivity contribution < 1.29 is 4.74 Å². The van der Waals surface area contributed by atoms with Crippen molar-refractivity contribution in [3.05, 3.63) is 59.4 Å². The second-order valence-corrected chi connectivity index (χ2v) is 5.98. The Morgan fingerprint density at radius 3 is 2.96 bits per heavy atom. The first-order valence-corrected chi connectivity index (χ1v) is 8.39. The summed E-state index contributed by atoms with van der Waals surface area (Å²) >= 11 is 0. The van der Waals surface area contributed by atoms with Gasteiger partial charge in [0.15, 0.2) is 0 Å². The van der Waals surface area contributed by atoms with Crippen LogP contribution < -0.4 is 15.4 Å². The maximum Gasteiger partial charge on any atom is 0.119 e. The van der Waals surface area contributed by atoms with Crippen LogP contribution in [0, 0.1) is 0 Å². The molecule has 0 amide bonds. The zero-order chi connectivity index (χ0) is 16.1. The van der Waals surface area contributed by atoms with Crippen LogP contribution in [0.2, 0.25) is 0 Å². The number of rotatable bonds is 6. The van der Waals surface area contributed by atoms with E-state index in [0.29, 0.717) is 0 Å². The van der Waals surface area contributed by atoms with Crippen molar-refractivity contribution in [2.75, 3.05) is 13.7 Å². The number of unbranched alkanes of at least 4 members (excludes halogenated alkanes) is 1. The molecule has 0 spiro atoms. The first kappa shape index (κ1) is 16.0. The van der Waals surface area contributed by atoms with Gasteiger partial charge in [0, 0.05) is 12.6 Å². The van der Waals surface area contributed by atoms with Gasteiger partial charge in [-0.1, -0.05) is 25.5 Å². The van der Waals surface area contributed by atoms with Crippen LogP contribution in [0.15, 0.2) is 42.6 Å². The maximum atomic E-state index is 5.40. The normalized spacial score (nSPS) is 20.1. The van der Waals surface area contributed by atoms with Gasteiger partial charge in [0.05, 0.1) is 25.0 Å². The third kappa shape index (κ3) is 3.71. The summed E-state index contributed by atoms with van der Waals surface area (Å²) in [5, 5.41) is 7.33. The molecule has 0 fully saturated rings. The molecule has 0 radical (unpaired) electrons. The van der Waals surface area contributed by atoms with Crippen LogP contribution in [0.25, 0.3) is 0 Å². The lowest BCUT2D eigenvalue weighted by Gasteiger charge is -2.34. The number of hydrogen-bond donors (Lipinski definition) is 2. The molecule has 2 aromatic rings. The number of ether oxygens (including phenoxy) is 1. The Kier molecular flexibility index (Phi) is 5.26. The molecule has 1 aliphatic heterocycles. The first-order valence-electron chi connectivity index (χ1n) is 8.39. The van der Waals surface area contributed by atoms with Crippen molar-refractivity contribution in [1.29, 1.82) is 0 Å². The molecule has 122 valence electrons. The molecule has 0 bridgehead atoms. The fourth-order valence-corrected chi connectivity index (χ4v) is 3.11. The lowest BCUT2D eigenvalue weighted by atomic mass is 9.90. The minimum Gasteiger partial charge on any atom is -0.497 e. The van der Waals surface area contributed by atoms with Crippen molar-refractivity contribution in [2.24, 2.45) is 0 Å². The minimum absolute atomic E-state index is 0.116. The summed E-state index contributed by atoms with van der Waals surface area (Å²) in [5.74, 6) is 0.915. The predicted molar refractivity (Wildman–Crippen MR) is 92.6 cm³/mol. The molecule has 4 nitrogen and oxygen atoms in total. The van der Waals surface area contributed by atoms with Gasteiger partial charge in [-0.15, -0.1) is 0 Å². The molecule has 0 aliphatic carbocycles. The molecule has 0 saturated carbocycles. The van der Waals surface area contributed by atoms with Crippen LogP contribution in [0.4, 0.5) is 0 Å². The molecule has 2 heterocycles. The van der Waals surface area contributed by atoms with Crippen molar-refractivity contribution in [2.45, 2.75) is 38.4 Å². The highest BCUT2D eigenvalue weighted by Crippen LogP contribution is 2.31. The molecular formula is C19H25N3O. The molecule has 1 aromatic heterocycles. The Balaban J connectivity index is 1.89. The number of aromatic nitrogens is 1. The molecule has 23 heavy (non-hydrogen) atoms. The van der Waals surface area contributed by atoms with Crippen molar-refractivity contribution in [3.8, 4) is 5.75 Å². The fraction of sp³-hybridized carbons (Fsp3) is 0.421. The zero-order valence-electron chi connectivity index (χ0n) is 13.9. The largest absolute Gasteiger partial charge is 0.497 e. The highest BCUT2D eigenvalue weighted by Gasteiger charge is 2.28. The van der Waals surface area contributed by atoms with Gasteiger partial charge in [0.2, 0.25) is 0 Å². The Bertz CT molecular complexity index is 630. The standard InChI is InChI=1S/C19H25N3O/c1-3-4-10-21-18-13-14-12-15(23-2)8-9-16(14)19(22-18)17-7-5-6-11-20-17/h5-9,11-12,18-19,21-22H,3-4,10,13H2,1-2H3/t18-,19-/m1/s1. The lowest BCUT2D eigenvalue weighted by molar-refractivity contribution is 0.363. The molecule has 3 rings (SSSR count). The third-order valence-electron chi connectivity index (χ3n) is 4.36. The van der Waals surface area contributed by atoms with Crippen LogP contribution in [0.1, 0.15) is 42.6 Å². The van der Waals surface area contributed by atoms with E-state index in [4.69, 9.17) is 4.74 Å². The Morgan fingerprint density at radius 2 is 2.22 bits per heavy atom. The van der Waals surface area contributed by atoms with Gasteiger partial charge in [-0.25, -0.2) is 0 Å². The lowest BCUT2D eigenvalue weighted by Crippen LogP contribution is -2.49. The van der Waals surface area contributed by atoms with Gasteiger partial charge in [0.1, 0.15) is 5.75 Å². The van der Waals surface area contributed by atoms with Crippen LogP contribution in [0.5, 0.6) is 5.75 Å². The molecule has 1 aromatic carbocycles. The summed E-state index contributed by atoms with van der Waals surface area (Å²) in [6.07, 6.45) is 5.47. The summed E-state index contributed by atoms with van der Waals surface area (Å²) in [6, 6.07) is 12.5. The third-order valence-corrected chi connectivity index (χ3v) is 4.36. The number of methoxy groups -OCH3 is 1.